The first-order valence-corrected chi connectivity index (χ1v) is 23.1. The molecular weight excluding hydrogens is 917 g/mol. The Hall–Kier alpha value is -5.97. The second-order valence-corrected chi connectivity index (χ2v) is 18.1. The fourth-order valence-corrected chi connectivity index (χ4v) is 9.85. The molecule has 2 aliphatic heterocycles. The summed E-state index contributed by atoms with van der Waals surface area (Å²) in [5, 5.41) is 21.7. The molecule has 0 unspecified atom stereocenters. The fourth-order valence-electron chi connectivity index (χ4n) is 7.97. The van der Waals surface area contributed by atoms with E-state index in [2.05, 4.69) is 25.3 Å². The van der Waals surface area contributed by atoms with Crippen LogP contribution in [0, 0.1) is 17.6 Å². The van der Waals surface area contributed by atoms with E-state index < -0.39 is 23.9 Å². The molecular formula is C48H39Cl2F3N6O4S2. The quantitative estimate of drug-likeness (QED) is 0.120. The predicted molar refractivity (Wildman–Crippen MR) is 251 cm³/mol. The van der Waals surface area contributed by atoms with E-state index in [0.717, 1.165) is 46.3 Å². The van der Waals surface area contributed by atoms with Gasteiger partial charge in [0.15, 0.2) is 0 Å². The highest BCUT2D eigenvalue weighted by atomic mass is 35.5. The predicted octanol–water partition coefficient (Wildman–Crippen LogP) is 11.5. The van der Waals surface area contributed by atoms with Crippen LogP contribution in [0.5, 0.6) is 0 Å². The zero-order chi connectivity index (χ0) is 45.6. The van der Waals surface area contributed by atoms with Gasteiger partial charge in [0.25, 0.3) is 0 Å². The van der Waals surface area contributed by atoms with E-state index >= 15 is 8.78 Å². The first-order valence-electron chi connectivity index (χ1n) is 20.6. The third kappa shape index (κ3) is 10.6. The van der Waals surface area contributed by atoms with Crippen molar-refractivity contribution in [3.8, 4) is 22.3 Å². The van der Waals surface area contributed by atoms with Gasteiger partial charge in [0, 0.05) is 53.0 Å². The van der Waals surface area contributed by atoms with Gasteiger partial charge in [-0.25, -0.2) is 33.5 Å². The lowest BCUT2D eigenvalue weighted by Gasteiger charge is -2.22. The molecule has 4 aromatic carbocycles. The molecule has 2 atom stereocenters. The molecule has 2 saturated heterocycles. The summed E-state index contributed by atoms with van der Waals surface area (Å²) in [4.78, 5) is 40.2. The first kappa shape index (κ1) is 45.6. The number of nitrogens with zero attached hydrogens (tertiary/aromatic N) is 5. The Labute approximate surface area is 389 Å². The monoisotopic (exact) mass is 954 g/mol. The number of aromatic nitrogens is 4. The van der Waals surface area contributed by atoms with Gasteiger partial charge < -0.3 is 20.4 Å². The van der Waals surface area contributed by atoms with Gasteiger partial charge in [0.05, 0.1) is 31.5 Å². The molecule has 8 aromatic rings. The van der Waals surface area contributed by atoms with Crippen LogP contribution in [0.25, 0.3) is 42.7 Å². The SMILES string of the molecule is Fc1ccc(Cc2cc3scnc3c(-c3cccc(Cl)c3)c2F)cn1.O=C(O)[C@@H]1CCCN1.O=C(O)[C@@H]1CCCN1c1ccc(Cc2cc3scnc3c(-c3cccc(Cl)c3)c2F)cn1. The summed E-state index contributed by atoms with van der Waals surface area (Å²) in [6, 6.07) is 23.6. The number of anilines is 1. The highest BCUT2D eigenvalue weighted by Crippen LogP contribution is 2.38. The van der Waals surface area contributed by atoms with Gasteiger partial charge in [0.2, 0.25) is 5.95 Å². The van der Waals surface area contributed by atoms with E-state index in [-0.39, 0.29) is 17.7 Å². The summed E-state index contributed by atoms with van der Waals surface area (Å²) >= 11 is 15.1. The fraction of sp³-hybridized carbons (Fsp3) is 0.208. The summed E-state index contributed by atoms with van der Waals surface area (Å²) in [5.41, 5.74) is 9.56. The Balaban J connectivity index is 0.000000155. The molecule has 10 nitrogen and oxygen atoms in total. The Bertz CT molecular complexity index is 2990. The average molecular weight is 956 g/mol. The molecule has 0 saturated carbocycles. The van der Waals surface area contributed by atoms with Gasteiger partial charge in [0.1, 0.15) is 29.5 Å². The number of thiazole rings is 2. The molecule has 0 spiro atoms. The van der Waals surface area contributed by atoms with Gasteiger partial charge in [-0.1, -0.05) is 59.6 Å². The molecule has 0 bridgehead atoms. The van der Waals surface area contributed by atoms with E-state index in [1.54, 1.807) is 65.7 Å². The molecule has 0 amide bonds. The van der Waals surface area contributed by atoms with Crippen LogP contribution in [0.2, 0.25) is 10.0 Å². The standard InChI is InChI=1S/C24H19ClFN3O2S.C19H11ClF2N2S.C5H9NO2/c25-17-4-1-3-15(10-17)21-22(26)16(11-19-23(21)28-13-32-19)9-14-6-7-20(27-12-14)29-8-2-5-18(29)24(30)31;20-14-3-1-2-12(7-14)17-18(22)13(8-15-19(17)24-10-25-15)6-11-4-5-16(21)23-9-11;7-5(8)4-2-1-3-6-4/h1,3-4,6-7,10-13,18H,2,5,8-9H2,(H,30,31);1-5,7-10H,6H2;4,6H,1-3H2,(H,7,8)/t18-;;4-/m0.0/s1. The minimum absolute atomic E-state index is 0.269. The molecule has 6 heterocycles. The van der Waals surface area contributed by atoms with Crippen molar-refractivity contribution >= 4 is 84.1 Å². The van der Waals surface area contributed by atoms with Crippen molar-refractivity contribution in [3.63, 3.8) is 0 Å². The minimum Gasteiger partial charge on any atom is -0.480 e. The van der Waals surface area contributed by atoms with Crippen molar-refractivity contribution in [2.24, 2.45) is 0 Å². The number of carboxylic acid groups (broad SMARTS) is 2. The van der Waals surface area contributed by atoms with E-state index in [9.17, 15) is 19.1 Å². The normalized spacial score (nSPS) is 15.7. The molecule has 65 heavy (non-hydrogen) atoms. The Kier molecular flexibility index (Phi) is 14.4. The molecule has 17 heteroatoms. The maximum atomic E-state index is 15.7. The highest BCUT2D eigenvalue weighted by molar-refractivity contribution is 7.17. The molecule has 2 fully saturated rings. The van der Waals surface area contributed by atoms with E-state index in [4.69, 9.17) is 28.3 Å². The highest BCUT2D eigenvalue weighted by Gasteiger charge is 2.31. The Morgan fingerprint density at radius 2 is 1.26 bits per heavy atom. The smallest absolute Gasteiger partial charge is 0.326 e. The second-order valence-electron chi connectivity index (χ2n) is 15.4. The van der Waals surface area contributed by atoms with Gasteiger partial charge in [-0.3, -0.25) is 4.79 Å². The number of fused-ring (bicyclic) bond motifs is 2. The lowest BCUT2D eigenvalue weighted by atomic mass is 9.97. The van der Waals surface area contributed by atoms with Crippen molar-refractivity contribution in [3.05, 3.63) is 158 Å². The number of carbonyl (C=O) groups is 2. The average Bonchev–Trinajstić information content (AvgIpc) is 4.15. The second kappa shape index (κ2) is 20.5. The Morgan fingerprint density at radius 1 is 0.692 bits per heavy atom. The lowest BCUT2D eigenvalue weighted by molar-refractivity contribution is -0.139. The molecule has 0 aliphatic carbocycles. The topological polar surface area (TPSA) is 141 Å². The zero-order valence-electron chi connectivity index (χ0n) is 34.4. The number of hydrogen-bond acceptors (Lipinski definition) is 10. The van der Waals surface area contributed by atoms with Gasteiger partial charge in [-0.2, -0.15) is 4.39 Å². The summed E-state index contributed by atoms with van der Waals surface area (Å²) in [6.07, 6.45) is 7.03. The molecule has 0 radical (unpaired) electrons. The lowest BCUT2D eigenvalue weighted by Crippen LogP contribution is -2.36. The van der Waals surface area contributed by atoms with Crippen molar-refractivity contribution in [1.29, 1.82) is 0 Å². The molecule has 332 valence electrons. The van der Waals surface area contributed by atoms with Crippen LogP contribution in [-0.2, 0) is 22.4 Å². The number of halogens is 5. The number of nitrogens with one attached hydrogen (secondary N) is 1. The third-order valence-electron chi connectivity index (χ3n) is 11.1. The van der Waals surface area contributed by atoms with E-state index in [1.807, 2.05) is 35.2 Å². The summed E-state index contributed by atoms with van der Waals surface area (Å²) in [5.74, 6) is -2.13. The summed E-state index contributed by atoms with van der Waals surface area (Å²) in [6.45, 7) is 1.53. The summed E-state index contributed by atoms with van der Waals surface area (Å²) < 4.78 is 45.8. The van der Waals surface area contributed by atoms with Crippen molar-refractivity contribution in [2.75, 3.05) is 18.0 Å². The van der Waals surface area contributed by atoms with Crippen LogP contribution in [0.1, 0.15) is 47.9 Å². The minimum atomic E-state index is -0.832. The van der Waals surface area contributed by atoms with Crippen molar-refractivity contribution < 1.29 is 33.0 Å². The van der Waals surface area contributed by atoms with Crippen LogP contribution in [0.3, 0.4) is 0 Å². The maximum Gasteiger partial charge on any atom is 0.326 e. The van der Waals surface area contributed by atoms with Gasteiger partial charge >= 0.3 is 11.9 Å². The number of benzene rings is 4. The number of pyridine rings is 2. The number of hydrogen-bond donors (Lipinski definition) is 3. The van der Waals surface area contributed by atoms with E-state index in [1.165, 1.54) is 34.9 Å². The summed E-state index contributed by atoms with van der Waals surface area (Å²) in [7, 11) is 0. The van der Waals surface area contributed by atoms with E-state index in [0.29, 0.717) is 86.1 Å². The number of rotatable bonds is 9. The van der Waals surface area contributed by atoms with Crippen molar-refractivity contribution in [2.45, 2.75) is 50.6 Å². The Morgan fingerprint density at radius 3 is 1.71 bits per heavy atom. The van der Waals surface area contributed by atoms with Crippen LogP contribution in [0.15, 0.2) is 108 Å². The van der Waals surface area contributed by atoms with Crippen molar-refractivity contribution in [1.82, 2.24) is 25.3 Å². The van der Waals surface area contributed by atoms with Gasteiger partial charge in [-0.05, 0) is 114 Å². The number of aliphatic carboxylic acids is 2. The van der Waals surface area contributed by atoms with Gasteiger partial charge in [-0.15, -0.1) is 22.7 Å². The zero-order valence-corrected chi connectivity index (χ0v) is 37.5. The first-order chi connectivity index (χ1) is 31.4. The van der Waals surface area contributed by atoms with Crippen LogP contribution >= 0.6 is 45.9 Å². The largest absolute Gasteiger partial charge is 0.480 e. The maximum absolute atomic E-state index is 15.7. The molecule has 2 aliphatic rings. The molecule has 10 rings (SSSR count). The number of carboxylic acids is 2. The van der Waals surface area contributed by atoms with Crippen LogP contribution < -0.4 is 10.2 Å². The molecule has 3 N–H and O–H groups in total. The van der Waals surface area contributed by atoms with Crippen LogP contribution in [0.4, 0.5) is 19.0 Å². The molecule has 4 aromatic heterocycles. The van der Waals surface area contributed by atoms with Crippen LogP contribution in [-0.4, -0.2) is 67.3 Å². The third-order valence-corrected chi connectivity index (χ3v) is 13.1.